The van der Waals surface area contributed by atoms with Gasteiger partial charge in [0.15, 0.2) is 0 Å². The van der Waals surface area contributed by atoms with Gasteiger partial charge in [0, 0.05) is 48.0 Å². The largest absolute Gasteiger partial charge is 0.310 e. The molecule has 0 aliphatic heterocycles. The van der Waals surface area contributed by atoms with Gasteiger partial charge in [0.25, 0.3) is 0 Å². The molecule has 102 valence electrons. The van der Waals surface area contributed by atoms with Gasteiger partial charge in [-0.25, -0.2) is 0 Å². The number of nitrogens with one attached hydrogen (secondary N) is 1. The Labute approximate surface area is 123 Å². The quantitative estimate of drug-likeness (QED) is 0.913. The third-order valence-electron chi connectivity index (χ3n) is 3.18. The molecular weight excluding hydrogens is 281 g/mol. The summed E-state index contributed by atoms with van der Waals surface area (Å²) < 4.78 is 1.89. The minimum atomic E-state index is 0.193. The molecular formula is C14H17Cl2N3. The minimum Gasteiger partial charge on any atom is -0.310 e. The maximum atomic E-state index is 6.19. The van der Waals surface area contributed by atoms with Gasteiger partial charge >= 0.3 is 0 Å². The molecule has 1 aromatic heterocycles. The van der Waals surface area contributed by atoms with Gasteiger partial charge < -0.3 is 5.32 Å². The van der Waals surface area contributed by atoms with E-state index in [0.29, 0.717) is 10.0 Å². The van der Waals surface area contributed by atoms with E-state index in [1.807, 2.05) is 36.1 Å². The molecule has 3 nitrogen and oxygen atoms in total. The molecule has 1 N–H and O–H groups in total. The first-order valence-electron chi connectivity index (χ1n) is 6.23. The van der Waals surface area contributed by atoms with Gasteiger partial charge in [0.2, 0.25) is 0 Å². The molecule has 0 spiro atoms. The molecule has 1 unspecified atom stereocenters. The fourth-order valence-electron chi connectivity index (χ4n) is 2.03. The van der Waals surface area contributed by atoms with Crippen LogP contribution in [0.5, 0.6) is 0 Å². The topological polar surface area (TPSA) is 29.9 Å². The van der Waals surface area contributed by atoms with Crippen molar-refractivity contribution in [2.45, 2.75) is 19.4 Å². The first kappa shape index (κ1) is 14.4. The average molecular weight is 298 g/mol. The Morgan fingerprint density at radius 2 is 2.11 bits per heavy atom. The lowest BCUT2D eigenvalue weighted by Crippen LogP contribution is -2.22. The number of rotatable bonds is 5. The summed E-state index contributed by atoms with van der Waals surface area (Å²) in [6.45, 7) is 2.97. The third-order valence-corrected chi connectivity index (χ3v) is 3.75. The molecule has 0 radical (unpaired) electrons. The summed E-state index contributed by atoms with van der Waals surface area (Å²) in [6.07, 6.45) is 2.75. The van der Waals surface area contributed by atoms with E-state index < -0.39 is 0 Å². The molecule has 0 bridgehead atoms. The Morgan fingerprint density at radius 3 is 2.74 bits per heavy atom. The van der Waals surface area contributed by atoms with Crippen LogP contribution in [-0.4, -0.2) is 16.3 Å². The summed E-state index contributed by atoms with van der Waals surface area (Å²) >= 11 is 12.1. The van der Waals surface area contributed by atoms with E-state index in [1.54, 1.807) is 6.07 Å². The van der Waals surface area contributed by atoms with Gasteiger partial charge in [0.1, 0.15) is 0 Å². The number of hydrogen-bond acceptors (Lipinski definition) is 2. The van der Waals surface area contributed by atoms with Crippen LogP contribution in [0.25, 0.3) is 0 Å². The summed E-state index contributed by atoms with van der Waals surface area (Å²) in [6, 6.07) is 7.83. The average Bonchev–Trinajstić information content (AvgIpc) is 2.75. The number of nitrogens with zero attached hydrogens (tertiary/aromatic N) is 2. The maximum Gasteiger partial charge on any atom is 0.0492 e. The molecule has 0 amide bonds. The predicted molar refractivity (Wildman–Crippen MR) is 79.8 cm³/mol. The van der Waals surface area contributed by atoms with Gasteiger partial charge in [-0.2, -0.15) is 5.10 Å². The standard InChI is InChI=1S/C14H17Cl2N3/c1-10(13-4-3-11(15)9-14(13)16)17-7-5-12-6-8-18-19(12)2/h3-4,6,8-10,17H,5,7H2,1-2H3. The van der Waals surface area contributed by atoms with Gasteiger partial charge in [-0.3, -0.25) is 4.68 Å². The van der Waals surface area contributed by atoms with E-state index in [0.717, 1.165) is 18.5 Å². The molecule has 1 atom stereocenters. The Hall–Kier alpha value is -1.03. The molecule has 1 aromatic carbocycles. The fraction of sp³-hybridized carbons (Fsp3) is 0.357. The van der Waals surface area contributed by atoms with Crippen molar-refractivity contribution < 1.29 is 0 Å². The first-order chi connectivity index (χ1) is 9.08. The van der Waals surface area contributed by atoms with Crippen LogP contribution >= 0.6 is 23.2 Å². The van der Waals surface area contributed by atoms with Crippen LogP contribution in [0.15, 0.2) is 30.5 Å². The number of halogens is 2. The second-order valence-corrected chi connectivity index (χ2v) is 5.38. The van der Waals surface area contributed by atoms with Crippen molar-refractivity contribution in [3.8, 4) is 0 Å². The highest BCUT2D eigenvalue weighted by Gasteiger charge is 2.09. The van der Waals surface area contributed by atoms with E-state index >= 15 is 0 Å². The van der Waals surface area contributed by atoms with Crippen molar-refractivity contribution in [1.82, 2.24) is 15.1 Å². The molecule has 0 saturated carbocycles. The van der Waals surface area contributed by atoms with Gasteiger partial charge in [-0.1, -0.05) is 29.3 Å². The molecule has 2 aromatic rings. The van der Waals surface area contributed by atoms with E-state index in [9.17, 15) is 0 Å². The zero-order chi connectivity index (χ0) is 13.8. The number of hydrogen-bond donors (Lipinski definition) is 1. The second-order valence-electron chi connectivity index (χ2n) is 4.54. The van der Waals surface area contributed by atoms with Crippen molar-refractivity contribution in [1.29, 1.82) is 0 Å². The molecule has 0 saturated heterocycles. The van der Waals surface area contributed by atoms with Crippen LogP contribution in [0.3, 0.4) is 0 Å². The number of aromatic nitrogens is 2. The fourth-order valence-corrected chi connectivity index (χ4v) is 2.60. The Kier molecular flexibility index (Phi) is 4.86. The second kappa shape index (κ2) is 6.42. The van der Waals surface area contributed by atoms with Gasteiger partial charge in [0.05, 0.1) is 0 Å². The van der Waals surface area contributed by atoms with Crippen LogP contribution in [0.4, 0.5) is 0 Å². The van der Waals surface area contributed by atoms with E-state index in [-0.39, 0.29) is 6.04 Å². The SMILES string of the molecule is CC(NCCc1ccnn1C)c1ccc(Cl)cc1Cl. The van der Waals surface area contributed by atoms with Crippen LogP contribution in [0.2, 0.25) is 10.0 Å². The summed E-state index contributed by atoms with van der Waals surface area (Å²) in [5.41, 5.74) is 2.28. The predicted octanol–water partition coefficient (Wildman–Crippen LogP) is 3.62. The Bertz CT molecular complexity index is 551. The lowest BCUT2D eigenvalue weighted by atomic mass is 10.1. The highest BCUT2D eigenvalue weighted by Crippen LogP contribution is 2.25. The highest BCUT2D eigenvalue weighted by molar-refractivity contribution is 6.35. The maximum absolute atomic E-state index is 6.19. The number of benzene rings is 1. The summed E-state index contributed by atoms with van der Waals surface area (Å²) in [5, 5.41) is 8.97. The van der Waals surface area contributed by atoms with E-state index in [2.05, 4.69) is 17.3 Å². The van der Waals surface area contributed by atoms with Crippen molar-refractivity contribution >= 4 is 23.2 Å². The minimum absolute atomic E-state index is 0.193. The van der Waals surface area contributed by atoms with Crippen LogP contribution in [0.1, 0.15) is 24.2 Å². The summed E-state index contributed by atoms with van der Waals surface area (Å²) in [5.74, 6) is 0. The van der Waals surface area contributed by atoms with E-state index in [1.165, 1.54) is 5.69 Å². The monoisotopic (exact) mass is 297 g/mol. The first-order valence-corrected chi connectivity index (χ1v) is 6.98. The molecule has 19 heavy (non-hydrogen) atoms. The zero-order valence-electron chi connectivity index (χ0n) is 11.0. The van der Waals surface area contributed by atoms with Crippen LogP contribution in [0, 0.1) is 0 Å². The normalized spacial score (nSPS) is 12.6. The summed E-state index contributed by atoms with van der Waals surface area (Å²) in [7, 11) is 1.95. The Balaban J connectivity index is 1.91. The third kappa shape index (κ3) is 3.72. The van der Waals surface area contributed by atoms with Crippen molar-refractivity contribution in [2.24, 2.45) is 7.05 Å². The summed E-state index contributed by atoms with van der Waals surface area (Å²) in [4.78, 5) is 0. The molecule has 5 heteroatoms. The van der Waals surface area contributed by atoms with Crippen LogP contribution in [-0.2, 0) is 13.5 Å². The zero-order valence-corrected chi connectivity index (χ0v) is 12.5. The van der Waals surface area contributed by atoms with Gasteiger partial charge in [-0.05, 0) is 30.7 Å². The molecule has 0 fully saturated rings. The molecule has 2 rings (SSSR count). The Morgan fingerprint density at radius 1 is 1.32 bits per heavy atom. The van der Waals surface area contributed by atoms with Crippen LogP contribution < -0.4 is 5.32 Å². The molecule has 0 aliphatic rings. The number of aryl methyl sites for hydroxylation is 1. The van der Waals surface area contributed by atoms with E-state index in [4.69, 9.17) is 23.2 Å². The molecule has 1 heterocycles. The lowest BCUT2D eigenvalue weighted by Gasteiger charge is -2.16. The smallest absolute Gasteiger partial charge is 0.0492 e. The van der Waals surface area contributed by atoms with Crippen molar-refractivity contribution in [3.05, 3.63) is 51.8 Å². The molecule has 0 aliphatic carbocycles. The van der Waals surface area contributed by atoms with Crippen molar-refractivity contribution in [3.63, 3.8) is 0 Å². The highest BCUT2D eigenvalue weighted by atomic mass is 35.5. The van der Waals surface area contributed by atoms with Crippen molar-refractivity contribution in [2.75, 3.05) is 6.54 Å². The van der Waals surface area contributed by atoms with Gasteiger partial charge in [-0.15, -0.1) is 0 Å². The lowest BCUT2D eigenvalue weighted by molar-refractivity contribution is 0.564.